The summed E-state index contributed by atoms with van der Waals surface area (Å²) in [5.41, 5.74) is 0.549. The van der Waals surface area contributed by atoms with Gasteiger partial charge in [0.05, 0.1) is 11.8 Å². The topological polar surface area (TPSA) is 55.1 Å². The number of hydrogen-bond acceptors (Lipinski definition) is 3. The van der Waals surface area contributed by atoms with Crippen molar-refractivity contribution in [1.29, 1.82) is 0 Å². The standard InChI is InChI=1S/C20H17F3N2O2/c21-20(22,23)16-8-4-5-14(11-16)12-24-18(26)9-10-19-25-13-17(27-19)15-6-2-1-3-7-15/h1-8,11,13H,9-10,12H2,(H,24,26). The van der Waals surface area contributed by atoms with Gasteiger partial charge in [0.2, 0.25) is 5.91 Å². The Balaban J connectivity index is 1.50. The Hall–Kier alpha value is -3.09. The minimum Gasteiger partial charge on any atom is -0.441 e. The third kappa shape index (κ3) is 5.20. The van der Waals surface area contributed by atoms with E-state index in [0.29, 0.717) is 23.6 Å². The monoisotopic (exact) mass is 374 g/mol. The number of nitrogens with one attached hydrogen (secondary N) is 1. The highest BCUT2D eigenvalue weighted by Crippen LogP contribution is 2.29. The molecule has 0 bridgehead atoms. The van der Waals surface area contributed by atoms with Crippen LogP contribution < -0.4 is 5.32 Å². The van der Waals surface area contributed by atoms with E-state index in [-0.39, 0.29) is 18.9 Å². The van der Waals surface area contributed by atoms with Crippen molar-refractivity contribution < 1.29 is 22.4 Å². The molecular weight excluding hydrogens is 357 g/mol. The van der Waals surface area contributed by atoms with Gasteiger partial charge in [0, 0.05) is 24.9 Å². The van der Waals surface area contributed by atoms with Gasteiger partial charge < -0.3 is 9.73 Å². The van der Waals surface area contributed by atoms with Crippen molar-refractivity contribution in [2.24, 2.45) is 0 Å². The van der Waals surface area contributed by atoms with Crippen LogP contribution in [0.3, 0.4) is 0 Å². The van der Waals surface area contributed by atoms with Crippen LogP contribution in [0.1, 0.15) is 23.4 Å². The number of nitrogens with zero attached hydrogens (tertiary/aromatic N) is 1. The van der Waals surface area contributed by atoms with E-state index in [1.54, 1.807) is 6.20 Å². The number of benzene rings is 2. The lowest BCUT2D eigenvalue weighted by Gasteiger charge is -2.09. The number of alkyl halides is 3. The van der Waals surface area contributed by atoms with Gasteiger partial charge in [-0.25, -0.2) is 4.98 Å². The minimum atomic E-state index is -4.40. The van der Waals surface area contributed by atoms with Gasteiger partial charge in [-0.2, -0.15) is 13.2 Å². The van der Waals surface area contributed by atoms with Crippen LogP contribution in [0.15, 0.2) is 65.2 Å². The summed E-state index contributed by atoms with van der Waals surface area (Å²) in [6.45, 7) is 0.0314. The summed E-state index contributed by atoms with van der Waals surface area (Å²) in [5, 5.41) is 2.61. The molecule has 1 amide bonds. The Morgan fingerprint density at radius 1 is 1.07 bits per heavy atom. The number of hydrogen-bond donors (Lipinski definition) is 1. The number of carbonyl (C=O) groups excluding carboxylic acids is 1. The van der Waals surface area contributed by atoms with Crippen molar-refractivity contribution in [3.8, 4) is 11.3 Å². The summed E-state index contributed by atoms with van der Waals surface area (Å²) in [7, 11) is 0. The summed E-state index contributed by atoms with van der Waals surface area (Å²) in [6.07, 6.45) is -2.36. The molecule has 3 rings (SSSR count). The van der Waals surface area contributed by atoms with Gasteiger partial charge in [0.25, 0.3) is 0 Å². The van der Waals surface area contributed by atoms with Gasteiger partial charge in [-0.15, -0.1) is 0 Å². The molecule has 0 fully saturated rings. The Labute approximate surface area is 154 Å². The van der Waals surface area contributed by atoms with E-state index >= 15 is 0 Å². The fraction of sp³-hybridized carbons (Fsp3) is 0.200. The molecule has 140 valence electrons. The predicted molar refractivity (Wildman–Crippen MR) is 93.6 cm³/mol. The van der Waals surface area contributed by atoms with Crippen LogP contribution in [0.5, 0.6) is 0 Å². The van der Waals surface area contributed by atoms with Crippen molar-refractivity contribution in [3.63, 3.8) is 0 Å². The highest BCUT2D eigenvalue weighted by molar-refractivity contribution is 5.76. The highest BCUT2D eigenvalue weighted by atomic mass is 19.4. The molecule has 1 heterocycles. The van der Waals surface area contributed by atoms with E-state index in [2.05, 4.69) is 10.3 Å². The first-order chi connectivity index (χ1) is 12.9. The number of amides is 1. The second-order valence-electron chi connectivity index (χ2n) is 5.96. The van der Waals surface area contributed by atoms with E-state index in [0.717, 1.165) is 17.7 Å². The SMILES string of the molecule is O=C(CCc1ncc(-c2ccccc2)o1)NCc1cccc(C(F)(F)F)c1. The third-order valence-electron chi connectivity index (χ3n) is 3.92. The van der Waals surface area contributed by atoms with Crippen molar-refractivity contribution in [2.75, 3.05) is 0 Å². The number of aromatic nitrogens is 1. The number of rotatable bonds is 6. The van der Waals surface area contributed by atoms with Crippen molar-refractivity contribution in [1.82, 2.24) is 10.3 Å². The van der Waals surface area contributed by atoms with Crippen LogP contribution in [0, 0.1) is 0 Å². The summed E-state index contributed by atoms with van der Waals surface area (Å²) >= 11 is 0. The average Bonchev–Trinajstić information content (AvgIpc) is 3.14. The predicted octanol–water partition coefficient (Wildman–Crippen LogP) is 4.61. The summed E-state index contributed by atoms with van der Waals surface area (Å²) in [4.78, 5) is 16.1. The molecule has 27 heavy (non-hydrogen) atoms. The van der Waals surface area contributed by atoms with E-state index in [9.17, 15) is 18.0 Å². The Morgan fingerprint density at radius 3 is 2.59 bits per heavy atom. The van der Waals surface area contributed by atoms with Gasteiger partial charge in [-0.3, -0.25) is 4.79 Å². The highest BCUT2D eigenvalue weighted by Gasteiger charge is 2.30. The average molecular weight is 374 g/mol. The number of halogens is 3. The molecule has 7 heteroatoms. The molecule has 0 spiro atoms. The summed E-state index contributed by atoms with van der Waals surface area (Å²) in [5.74, 6) is 0.768. The van der Waals surface area contributed by atoms with Gasteiger partial charge in [-0.1, -0.05) is 42.5 Å². The zero-order chi connectivity index (χ0) is 19.3. The fourth-order valence-corrected chi connectivity index (χ4v) is 2.53. The molecule has 0 unspecified atom stereocenters. The Kier molecular flexibility index (Phi) is 5.59. The fourth-order valence-electron chi connectivity index (χ4n) is 2.53. The quantitative estimate of drug-likeness (QED) is 0.686. The summed E-state index contributed by atoms with van der Waals surface area (Å²) < 4.78 is 43.7. The maximum absolute atomic E-state index is 12.7. The van der Waals surface area contributed by atoms with E-state index in [1.165, 1.54) is 12.1 Å². The smallest absolute Gasteiger partial charge is 0.416 e. The maximum atomic E-state index is 12.7. The van der Waals surface area contributed by atoms with E-state index in [1.807, 2.05) is 30.3 Å². The van der Waals surface area contributed by atoms with Crippen LogP contribution in [-0.4, -0.2) is 10.9 Å². The maximum Gasteiger partial charge on any atom is 0.416 e. The first-order valence-corrected chi connectivity index (χ1v) is 8.35. The minimum absolute atomic E-state index is 0.0314. The van der Waals surface area contributed by atoms with Gasteiger partial charge in [-0.05, 0) is 17.7 Å². The van der Waals surface area contributed by atoms with Crippen molar-refractivity contribution in [3.05, 3.63) is 77.8 Å². The van der Waals surface area contributed by atoms with Gasteiger partial charge in [0.15, 0.2) is 11.7 Å². The van der Waals surface area contributed by atoms with E-state index in [4.69, 9.17) is 4.42 Å². The van der Waals surface area contributed by atoms with Crippen LogP contribution in [0.25, 0.3) is 11.3 Å². The lowest BCUT2D eigenvalue weighted by atomic mass is 10.1. The number of carbonyl (C=O) groups is 1. The van der Waals surface area contributed by atoms with Crippen molar-refractivity contribution in [2.45, 2.75) is 25.6 Å². The molecule has 3 aromatic rings. The molecule has 0 aliphatic heterocycles. The number of aryl methyl sites for hydroxylation is 1. The molecule has 0 saturated heterocycles. The van der Waals surface area contributed by atoms with E-state index < -0.39 is 11.7 Å². The molecule has 0 atom stereocenters. The normalized spacial score (nSPS) is 11.4. The van der Waals surface area contributed by atoms with Gasteiger partial charge in [0.1, 0.15) is 0 Å². The molecule has 1 N–H and O–H groups in total. The van der Waals surface area contributed by atoms with Crippen LogP contribution in [0.2, 0.25) is 0 Å². The molecule has 4 nitrogen and oxygen atoms in total. The lowest BCUT2D eigenvalue weighted by Crippen LogP contribution is -2.23. The first kappa shape index (κ1) is 18.7. The molecule has 0 aliphatic rings. The van der Waals surface area contributed by atoms with Crippen LogP contribution in [0.4, 0.5) is 13.2 Å². The molecular formula is C20H17F3N2O2. The molecule has 2 aromatic carbocycles. The van der Waals surface area contributed by atoms with Crippen molar-refractivity contribution >= 4 is 5.91 Å². The largest absolute Gasteiger partial charge is 0.441 e. The second-order valence-corrected chi connectivity index (χ2v) is 5.96. The zero-order valence-electron chi connectivity index (χ0n) is 14.3. The molecule has 1 aromatic heterocycles. The Morgan fingerprint density at radius 2 is 1.85 bits per heavy atom. The molecule has 0 aliphatic carbocycles. The lowest BCUT2D eigenvalue weighted by molar-refractivity contribution is -0.137. The Bertz CT molecular complexity index is 905. The molecule has 0 radical (unpaired) electrons. The third-order valence-corrected chi connectivity index (χ3v) is 3.92. The van der Waals surface area contributed by atoms with Crippen LogP contribution >= 0.6 is 0 Å². The molecule has 0 saturated carbocycles. The van der Waals surface area contributed by atoms with Crippen LogP contribution in [-0.2, 0) is 23.9 Å². The van der Waals surface area contributed by atoms with Gasteiger partial charge >= 0.3 is 6.18 Å². The second kappa shape index (κ2) is 8.07. The summed E-state index contributed by atoms with van der Waals surface area (Å²) in [6, 6.07) is 14.3. The first-order valence-electron chi connectivity index (χ1n) is 8.35. The number of oxazole rings is 1. The zero-order valence-corrected chi connectivity index (χ0v) is 14.3.